The summed E-state index contributed by atoms with van der Waals surface area (Å²) in [5.41, 5.74) is 1.19. The molecule has 0 aromatic heterocycles. The first-order valence-corrected chi connectivity index (χ1v) is 8.00. The van der Waals surface area contributed by atoms with Crippen LogP contribution in [0.3, 0.4) is 0 Å². The third kappa shape index (κ3) is 6.77. The van der Waals surface area contributed by atoms with E-state index < -0.39 is 0 Å². The number of halogens is 2. The maximum Gasteiger partial charge on any atom is 0.224 e. The molecule has 0 bridgehead atoms. The fourth-order valence-electron chi connectivity index (χ4n) is 2.62. The van der Waals surface area contributed by atoms with E-state index in [0.29, 0.717) is 28.7 Å². The average Bonchev–Trinajstić information content (AvgIpc) is 2.48. The van der Waals surface area contributed by atoms with Crippen molar-refractivity contribution in [3.63, 3.8) is 0 Å². The second-order valence-electron chi connectivity index (χ2n) is 5.66. The highest BCUT2D eigenvalue weighted by molar-refractivity contribution is 6.34. The predicted molar refractivity (Wildman–Crippen MR) is 96.5 cm³/mol. The van der Waals surface area contributed by atoms with Crippen LogP contribution in [-0.4, -0.2) is 24.9 Å². The number of amides is 2. The molecule has 5 nitrogen and oxygen atoms in total. The monoisotopic (exact) mass is 359 g/mol. The normalized spacial score (nSPS) is 14.7. The van der Waals surface area contributed by atoms with Gasteiger partial charge in [0.25, 0.3) is 0 Å². The number of rotatable bonds is 5. The first-order chi connectivity index (χ1) is 10.5. The number of anilines is 2. The topological polar surface area (TPSA) is 70.2 Å². The number of benzene rings is 1. The SMILES string of the molecule is CC(=O)Nc1ccc(NC(=O)CCC2CCNCC2)c(Cl)c1.Cl. The van der Waals surface area contributed by atoms with Crippen LogP contribution in [0.5, 0.6) is 0 Å². The maximum atomic E-state index is 12.0. The van der Waals surface area contributed by atoms with Gasteiger partial charge in [0.05, 0.1) is 10.7 Å². The molecule has 1 aromatic carbocycles. The van der Waals surface area contributed by atoms with Gasteiger partial charge in [-0.25, -0.2) is 0 Å². The molecule has 0 radical (unpaired) electrons. The Balaban J connectivity index is 0.00000264. The summed E-state index contributed by atoms with van der Waals surface area (Å²) >= 11 is 6.13. The van der Waals surface area contributed by atoms with E-state index in [1.165, 1.54) is 6.92 Å². The van der Waals surface area contributed by atoms with E-state index in [9.17, 15) is 9.59 Å². The highest BCUT2D eigenvalue weighted by Gasteiger charge is 2.15. The first kappa shape index (κ1) is 19.7. The number of hydrogen-bond donors (Lipinski definition) is 3. The molecule has 1 aliphatic heterocycles. The van der Waals surface area contributed by atoms with E-state index in [2.05, 4.69) is 16.0 Å². The first-order valence-electron chi connectivity index (χ1n) is 7.62. The van der Waals surface area contributed by atoms with Gasteiger partial charge in [0.15, 0.2) is 0 Å². The molecule has 1 aromatic rings. The zero-order chi connectivity index (χ0) is 15.9. The van der Waals surface area contributed by atoms with Gasteiger partial charge in [-0.15, -0.1) is 12.4 Å². The summed E-state index contributed by atoms with van der Waals surface area (Å²) in [7, 11) is 0. The molecule has 0 saturated carbocycles. The molecule has 0 atom stereocenters. The zero-order valence-electron chi connectivity index (χ0n) is 13.2. The Kier molecular flexibility index (Phi) is 8.37. The van der Waals surface area contributed by atoms with Crippen molar-refractivity contribution < 1.29 is 9.59 Å². The Labute approximate surface area is 148 Å². The van der Waals surface area contributed by atoms with Crippen LogP contribution in [0, 0.1) is 5.92 Å². The van der Waals surface area contributed by atoms with E-state index in [4.69, 9.17) is 11.6 Å². The fourth-order valence-corrected chi connectivity index (χ4v) is 2.84. The van der Waals surface area contributed by atoms with Crippen molar-refractivity contribution in [2.24, 2.45) is 5.92 Å². The quantitative estimate of drug-likeness (QED) is 0.753. The van der Waals surface area contributed by atoms with E-state index in [-0.39, 0.29) is 24.2 Å². The van der Waals surface area contributed by atoms with Crippen LogP contribution < -0.4 is 16.0 Å². The third-order valence-electron chi connectivity index (χ3n) is 3.80. The van der Waals surface area contributed by atoms with Crippen molar-refractivity contribution >= 4 is 47.2 Å². The molecule has 1 aliphatic rings. The molecule has 0 unspecified atom stereocenters. The summed E-state index contributed by atoms with van der Waals surface area (Å²) < 4.78 is 0. The van der Waals surface area contributed by atoms with Crippen LogP contribution in [0.25, 0.3) is 0 Å². The number of carbonyl (C=O) groups is 2. The second-order valence-corrected chi connectivity index (χ2v) is 6.06. The lowest BCUT2D eigenvalue weighted by Crippen LogP contribution is -2.28. The van der Waals surface area contributed by atoms with Gasteiger partial charge in [-0.1, -0.05) is 11.6 Å². The number of hydrogen-bond acceptors (Lipinski definition) is 3. The molecule has 3 N–H and O–H groups in total. The van der Waals surface area contributed by atoms with Gasteiger partial charge < -0.3 is 16.0 Å². The molecule has 128 valence electrons. The molecule has 1 saturated heterocycles. The Morgan fingerprint density at radius 1 is 1.26 bits per heavy atom. The molecular formula is C16H23Cl2N3O2. The molecule has 2 amide bonds. The van der Waals surface area contributed by atoms with Crippen LogP contribution in [0.4, 0.5) is 11.4 Å². The fraction of sp³-hybridized carbons (Fsp3) is 0.500. The van der Waals surface area contributed by atoms with Crippen LogP contribution >= 0.6 is 24.0 Å². The summed E-state index contributed by atoms with van der Waals surface area (Å²) in [6.07, 6.45) is 3.70. The standard InChI is InChI=1S/C16H22ClN3O2.ClH/c1-11(21)19-13-3-4-15(14(17)10-13)20-16(22)5-2-12-6-8-18-9-7-12;/h3-4,10,12,18H,2,5-9H2,1H3,(H,19,21)(H,20,22);1H. The minimum Gasteiger partial charge on any atom is -0.326 e. The summed E-state index contributed by atoms with van der Waals surface area (Å²) in [5, 5.41) is 9.22. The molecule has 0 aliphatic carbocycles. The van der Waals surface area contributed by atoms with E-state index in [0.717, 1.165) is 32.4 Å². The highest BCUT2D eigenvalue weighted by atomic mass is 35.5. The van der Waals surface area contributed by atoms with Gasteiger partial charge in [0.2, 0.25) is 11.8 Å². The van der Waals surface area contributed by atoms with Gasteiger partial charge >= 0.3 is 0 Å². The van der Waals surface area contributed by atoms with Crippen molar-refractivity contribution in [3.8, 4) is 0 Å². The number of piperidine rings is 1. The predicted octanol–water partition coefficient (Wildman–Crippen LogP) is 3.44. The summed E-state index contributed by atoms with van der Waals surface area (Å²) in [5.74, 6) is 0.451. The van der Waals surface area contributed by atoms with Crippen LogP contribution in [0.15, 0.2) is 18.2 Å². The Hall–Kier alpha value is -1.30. The lowest BCUT2D eigenvalue weighted by atomic mass is 9.93. The van der Waals surface area contributed by atoms with E-state index >= 15 is 0 Å². The van der Waals surface area contributed by atoms with Crippen LogP contribution in [0.1, 0.15) is 32.6 Å². The van der Waals surface area contributed by atoms with E-state index in [1.54, 1.807) is 18.2 Å². The maximum absolute atomic E-state index is 12.0. The van der Waals surface area contributed by atoms with Crippen molar-refractivity contribution in [2.45, 2.75) is 32.6 Å². The van der Waals surface area contributed by atoms with E-state index in [1.807, 2.05) is 0 Å². The summed E-state index contributed by atoms with van der Waals surface area (Å²) in [4.78, 5) is 23.0. The second kappa shape index (κ2) is 9.75. The van der Waals surface area contributed by atoms with Gasteiger partial charge in [0.1, 0.15) is 0 Å². The molecule has 0 spiro atoms. The molecule has 1 heterocycles. The largest absolute Gasteiger partial charge is 0.326 e. The van der Waals surface area contributed by atoms with Crippen LogP contribution in [0.2, 0.25) is 5.02 Å². The Morgan fingerprint density at radius 3 is 2.57 bits per heavy atom. The highest BCUT2D eigenvalue weighted by Crippen LogP contribution is 2.26. The minimum absolute atomic E-state index is 0. The number of carbonyl (C=O) groups excluding carboxylic acids is 2. The Bertz CT molecular complexity index is 546. The van der Waals surface area contributed by atoms with Crippen molar-refractivity contribution in [1.29, 1.82) is 0 Å². The van der Waals surface area contributed by atoms with Crippen molar-refractivity contribution in [3.05, 3.63) is 23.2 Å². The molecular weight excluding hydrogens is 337 g/mol. The third-order valence-corrected chi connectivity index (χ3v) is 4.11. The summed E-state index contributed by atoms with van der Waals surface area (Å²) in [6.45, 7) is 3.52. The minimum atomic E-state index is -0.158. The smallest absolute Gasteiger partial charge is 0.224 e. The molecule has 7 heteroatoms. The molecule has 2 rings (SSSR count). The molecule has 23 heavy (non-hydrogen) atoms. The lowest BCUT2D eigenvalue weighted by Gasteiger charge is -2.22. The Morgan fingerprint density at radius 2 is 1.96 bits per heavy atom. The molecule has 1 fully saturated rings. The van der Waals surface area contributed by atoms with Gasteiger partial charge in [0, 0.05) is 19.0 Å². The number of nitrogens with one attached hydrogen (secondary N) is 3. The van der Waals surface area contributed by atoms with Gasteiger partial charge in [-0.05, 0) is 56.5 Å². The van der Waals surface area contributed by atoms with Crippen molar-refractivity contribution in [1.82, 2.24) is 5.32 Å². The average molecular weight is 360 g/mol. The zero-order valence-corrected chi connectivity index (χ0v) is 14.7. The van der Waals surface area contributed by atoms with Gasteiger partial charge in [-0.3, -0.25) is 9.59 Å². The lowest BCUT2D eigenvalue weighted by molar-refractivity contribution is -0.116. The van der Waals surface area contributed by atoms with Crippen LogP contribution in [-0.2, 0) is 9.59 Å². The van der Waals surface area contributed by atoms with Gasteiger partial charge in [-0.2, -0.15) is 0 Å². The summed E-state index contributed by atoms with van der Waals surface area (Å²) in [6, 6.07) is 5.05. The van der Waals surface area contributed by atoms with Crippen molar-refractivity contribution in [2.75, 3.05) is 23.7 Å².